The normalized spacial score (nSPS) is 10.9. The predicted molar refractivity (Wildman–Crippen MR) is 102 cm³/mol. The third-order valence-electron chi connectivity index (χ3n) is 4.06. The number of nitrogens with zero attached hydrogens (tertiary/aromatic N) is 1. The van der Waals surface area contributed by atoms with E-state index in [1.807, 2.05) is 60.7 Å². The van der Waals surface area contributed by atoms with E-state index in [1.54, 1.807) is 0 Å². The summed E-state index contributed by atoms with van der Waals surface area (Å²) < 4.78 is 0. The molecule has 0 unspecified atom stereocenters. The maximum absolute atomic E-state index is 6.21. The van der Waals surface area contributed by atoms with Crippen LogP contribution in [0.4, 0.5) is 5.69 Å². The lowest BCUT2D eigenvalue weighted by atomic mass is 9.98. The second-order valence-corrected chi connectivity index (χ2v) is 6.14. The van der Waals surface area contributed by atoms with Crippen LogP contribution in [-0.2, 0) is 0 Å². The summed E-state index contributed by atoms with van der Waals surface area (Å²) in [6.45, 7) is 0. The smallest absolute Gasteiger partial charge is 0.0716 e. The lowest BCUT2D eigenvalue weighted by molar-refractivity contribution is 1.40. The number of anilines is 1. The first-order chi connectivity index (χ1) is 11.7. The van der Waals surface area contributed by atoms with E-state index >= 15 is 0 Å². The Kier molecular flexibility index (Phi) is 3.68. The fraction of sp³-hybridized carbons (Fsp3) is 0. The number of nitrogens with two attached hydrogens (primary N) is 1. The van der Waals surface area contributed by atoms with Crippen LogP contribution in [0.1, 0.15) is 0 Å². The highest BCUT2D eigenvalue weighted by Gasteiger charge is 2.10. The van der Waals surface area contributed by atoms with Gasteiger partial charge in [0.05, 0.1) is 11.2 Å². The molecule has 2 nitrogen and oxygen atoms in total. The van der Waals surface area contributed by atoms with Crippen LogP contribution >= 0.6 is 11.6 Å². The number of benzene rings is 3. The molecule has 24 heavy (non-hydrogen) atoms. The van der Waals surface area contributed by atoms with E-state index in [1.165, 1.54) is 0 Å². The standard InChI is InChI=1S/C21H15ClN2/c22-16-8-11-20-19(12-16)18(14-4-2-1-3-5-14)13-21(24-20)15-6-9-17(23)10-7-15/h1-13H,23H2. The van der Waals surface area contributed by atoms with E-state index in [4.69, 9.17) is 22.3 Å². The molecule has 4 aromatic rings. The molecule has 0 aliphatic heterocycles. The highest BCUT2D eigenvalue weighted by molar-refractivity contribution is 6.31. The zero-order valence-corrected chi connectivity index (χ0v) is 13.7. The van der Waals surface area contributed by atoms with Gasteiger partial charge in [-0.05, 0) is 47.5 Å². The van der Waals surface area contributed by atoms with Crippen molar-refractivity contribution in [1.29, 1.82) is 0 Å². The molecule has 116 valence electrons. The number of hydrogen-bond donors (Lipinski definition) is 1. The summed E-state index contributed by atoms with van der Waals surface area (Å²) in [7, 11) is 0. The molecule has 0 radical (unpaired) electrons. The van der Waals surface area contributed by atoms with Crippen molar-refractivity contribution < 1.29 is 0 Å². The average Bonchev–Trinajstić information content (AvgIpc) is 2.62. The molecule has 1 heterocycles. The molecule has 1 aromatic heterocycles. The van der Waals surface area contributed by atoms with E-state index in [0.29, 0.717) is 5.02 Å². The minimum atomic E-state index is 0.710. The van der Waals surface area contributed by atoms with Gasteiger partial charge in [-0.2, -0.15) is 0 Å². The molecule has 2 N–H and O–H groups in total. The third-order valence-corrected chi connectivity index (χ3v) is 4.30. The molecular weight excluding hydrogens is 316 g/mol. The van der Waals surface area contributed by atoms with Crippen molar-refractivity contribution in [2.24, 2.45) is 0 Å². The zero-order valence-electron chi connectivity index (χ0n) is 12.9. The summed E-state index contributed by atoms with van der Waals surface area (Å²) in [5.74, 6) is 0. The van der Waals surface area contributed by atoms with Crippen LogP contribution in [0.2, 0.25) is 5.02 Å². The first-order valence-corrected chi connectivity index (χ1v) is 8.10. The van der Waals surface area contributed by atoms with Crippen LogP contribution in [0.3, 0.4) is 0 Å². The van der Waals surface area contributed by atoms with Gasteiger partial charge in [0.25, 0.3) is 0 Å². The minimum absolute atomic E-state index is 0.710. The molecule has 0 bridgehead atoms. The fourth-order valence-electron chi connectivity index (χ4n) is 2.86. The Bertz CT molecular complexity index is 1010. The first kappa shape index (κ1) is 14.7. The largest absolute Gasteiger partial charge is 0.399 e. The van der Waals surface area contributed by atoms with Crippen molar-refractivity contribution in [3.63, 3.8) is 0 Å². The highest BCUT2D eigenvalue weighted by Crippen LogP contribution is 2.33. The van der Waals surface area contributed by atoms with Gasteiger partial charge in [0.15, 0.2) is 0 Å². The van der Waals surface area contributed by atoms with Gasteiger partial charge in [-0.15, -0.1) is 0 Å². The van der Waals surface area contributed by atoms with E-state index in [-0.39, 0.29) is 0 Å². The van der Waals surface area contributed by atoms with Gasteiger partial charge < -0.3 is 5.73 Å². The Hall–Kier alpha value is -2.84. The molecule has 3 heteroatoms. The Morgan fingerprint density at radius 3 is 2.25 bits per heavy atom. The Balaban J connectivity index is 2.00. The molecule has 0 aliphatic rings. The van der Waals surface area contributed by atoms with Gasteiger partial charge in [-0.3, -0.25) is 0 Å². The highest BCUT2D eigenvalue weighted by atomic mass is 35.5. The summed E-state index contributed by atoms with van der Waals surface area (Å²) in [4.78, 5) is 4.80. The minimum Gasteiger partial charge on any atom is -0.399 e. The van der Waals surface area contributed by atoms with Crippen molar-refractivity contribution in [1.82, 2.24) is 4.98 Å². The monoisotopic (exact) mass is 330 g/mol. The van der Waals surface area contributed by atoms with Crippen molar-refractivity contribution >= 4 is 28.2 Å². The quantitative estimate of drug-likeness (QED) is 0.471. The first-order valence-electron chi connectivity index (χ1n) is 7.72. The van der Waals surface area contributed by atoms with Gasteiger partial charge in [-0.1, -0.05) is 54.1 Å². The van der Waals surface area contributed by atoms with Crippen molar-refractivity contribution in [3.05, 3.63) is 83.9 Å². The van der Waals surface area contributed by atoms with Crippen LogP contribution in [0.25, 0.3) is 33.3 Å². The summed E-state index contributed by atoms with van der Waals surface area (Å²) in [6.07, 6.45) is 0. The second kappa shape index (κ2) is 5.99. The summed E-state index contributed by atoms with van der Waals surface area (Å²) in [5.41, 5.74) is 11.7. The van der Waals surface area contributed by atoms with E-state index in [2.05, 4.69) is 18.2 Å². The number of nitrogen functional groups attached to an aromatic ring is 1. The Morgan fingerprint density at radius 2 is 1.50 bits per heavy atom. The summed E-state index contributed by atoms with van der Waals surface area (Å²) in [5, 5.41) is 1.76. The van der Waals surface area contributed by atoms with E-state index < -0.39 is 0 Å². The summed E-state index contributed by atoms with van der Waals surface area (Å²) >= 11 is 6.21. The molecule has 0 saturated heterocycles. The van der Waals surface area contributed by atoms with E-state index in [9.17, 15) is 0 Å². The van der Waals surface area contributed by atoms with Crippen LogP contribution in [0.15, 0.2) is 78.9 Å². The SMILES string of the molecule is Nc1ccc(-c2cc(-c3ccccc3)c3cc(Cl)ccc3n2)cc1. The van der Waals surface area contributed by atoms with Gasteiger partial charge in [0.2, 0.25) is 0 Å². The molecule has 0 fully saturated rings. The maximum atomic E-state index is 6.21. The number of fused-ring (bicyclic) bond motifs is 1. The molecule has 0 atom stereocenters. The lowest BCUT2D eigenvalue weighted by Gasteiger charge is -2.11. The Morgan fingerprint density at radius 1 is 0.750 bits per heavy atom. The van der Waals surface area contributed by atoms with Gasteiger partial charge in [0.1, 0.15) is 0 Å². The molecular formula is C21H15ClN2. The lowest BCUT2D eigenvalue weighted by Crippen LogP contribution is -1.91. The number of hydrogen-bond acceptors (Lipinski definition) is 2. The number of halogens is 1. The average molecular weight is 331 g/mol. The number of pyridine rings is 1. The molecule has 4 rings (SSSR count). The molecule has 0 saturated carbocycles. The van der Waals surface area contributed by atoms with Crippen LogP contribution in [0, 0.1) is 0 Å². The van der Waals surface area contributed by atoms with Crippen molar-refractivity contribution in [3.8, 4) is 22.4 Å². The van der Waals surface area contributed by atoms with Crippen molar-refractivity contribution in [2.75, 3.05) is 5.73 Å². The van der Waals surface area contributed by atoms with Gasteiger partial charge in [0, 0.05) is 21.7 Å². The third kappa shape index (κ3) is 2.72. The molecule has 0 amide bonds. The van der Waals surface area contributed by atoms with Gasteiger partial charge >= 0.3 is 0 Å². The topological polar surface area (TPSA) is 38.9 Å². The van der Waals surface area contributed by atoms with Crippen LogP contribution in [0.5, 0.6) is 0 Å². The van der Waals surface area contributed by atoms with Gasteiger partial charge in [-0.25, -0.2) is 4.98 Å². The molecule has 0 aliphatic carbocycles. The summed E-state index contributed by atoms with van der Waals surface area (Å²) in [6, 6.07) is 26.0. The predicted octanol–water partition coefficient (Wildman–Crippen LogP) is 5.80. The maximum Gasteiger partial charge on any atom is 0.0716 e. The number of aromatic nitrogens is 1. The van der Waals surface area contributed by atoms with Crippen molar-refractivity contribution in [2.45, 2.75) is 0 Å². The molecule has 0 spiro atoms. The molecule has 3 aromatic carbocycles. The number of rotatable bonds is 2. The van der Waals surface area contributed by atoms with E-state index in [0.717, 1.165) is 39.0 Å². The zero-order chi connectivity index (χ0) is 16.5. The Labute approximate surface area is 145 Å². The van der Waals surface area contributed by atoms with Crippen LogP contribution < -0.4 is 5.73 Å². The second-order valence-electron chi connectivity index (χ2n) is 5.70. The van der Waals surface area contributed by atoms with Crippen LogP contribution in [-0.4, -0.2) is 4.98 Å². The fourth-order valence-corrected chi connectivity index (χ4v) is 3.03.